The number of hydrogen-bond acceptors (Lipinski definition) is 2. The zero-order valence-corrected chi connectivity index (χ0v) is 13.8. The van der Waals surface area contributed by atoms with E-state index in [9.17, 15) is 8.42 Å². The third-order valence-corrected chi connectivity index (χ3v) is 5.78. The normalized spacial score (nSPS) is 22.1. The second-order valence-corrected chi connectivity index (χ2v) is 7.73. The van der Waals surface area contributed by atoms with E-state index < -0.39 is 10.2 Å². The van der Waals surface area contributed by atoms with Crippen LogP contribution in [0.4, 0.5) is 0 Å². The summed E-state index contributed by atoms with van der Waals surface area (Å²) >= 11 is 0. The van der Waals surface area contributed by atoms with Crippen molar-refractivity contribution in [2.24, 2.45) is 5.92 Å². The summed E-state index contributed by atoms with van der Waals surface area (Å²) in [6.07, 6.45) is 2.99. The number of hydrogen-bond donors (Lipinski definition) is 1. The Morgan fingerprint density at radius 2 is 2.05 bits per heavy atom. The molecule has 2 rings (SSSR count). The van der Waals surface area contributed by atoms with Gasteiger partial charge in [0.2, 0.25) is 0 Å². The largest absolute Gasteiger partial charge is 0.279 e. The van der Waals surface area contributed by atoms with E-state index >= 15 is 0 Å². The van der Waals surface area contributed by atoms with Crippen molar-refractivity contribution in [1.29, 1.82) is 0 Å². The van der Waals surface area contributed by atoms with Gasteiger partial charge in [-0.3, -0.25) is 0 Å². The predicted molar refractivity (Wildman–Crippen MR) is 86.4 cm³/mol. The Hall–Kier alpha value is -0.910. The van der Waals surface area contributed by atoms with Crippen LogP contribution in [0.3, 0.4) is 0 Å². The van der Waals surface area contributed by atoms with Crippen LogP contribution in [0, 0.1) is 5.92 Å². The molecule has 1 N–H and O–H groups in total. The molecule has 1 fully saturated rings. The lowest BCUT2D eigenvalue weighted by atomic mass is 9.97. The predicted octanol–water partition coefficient (Wildman–Crippen LogP) is 2.75. The number of benzene rings is 1. The van der Waals surface area contributed by atoms with Gasteiger partial charge in [-0.2, -0.15) is 12.7 Å². The van der Waals surface area contributed by atoms with Crippen LogP contribution in [0.15, 0.2) is 30.3 Å². The second-order valence-electron chi connectivity index (χ2n) is 5.97. The monoisotopic (exact) mass is 310 g/mol. The van der Waals surface area contributed by atoms with Crippen molar-refractivity contribution < 1.29 is 8.42 Å². The molecule has 1 saturated heterocycles. The fourth-order valence-corrected chi connectivity index (χ4v) is 4.30. The van der Waals surface area contributed by atoms with Crippen LogP contribution in [0.1, 0.15) is 44.6 Å². The topological polar surface area (TPSA) is 49.4 Å². The smallest absolute Gasteiger partial charge is 0.202 e. The fourth-order valence-electron chi connectivity index (χ4n) is 2.88. The van der Waals surface area contributed by atoms with Crippen molar-refractivity contribution in [1.82, 2.24) is 9.03 Å². The summed E-state index contributed by atoms with van der Waals surface area (Å²) < 4.78 is 29.2. The molecule has 4 nitrogen and oxygen atoms in total. The van der Waals surface area contributed by atoms with Gasteiger partial charge in [0.05, 0.1) is 0 Å². The van der Waals surface area contributed by atoms with Gasteiger partial charge in [-0.15, -0.1) is 0 Å². The molecule has 21 heavy (non-hydrogen) atoms. The average molecular weight is 310 g/mol. The first-order chi connectivity index (χ1) is 10.0. The van der Waals surface area contributed by atoms with Crippen molar-refractivity contribution in [3.8, 4) is 0 Å². The molecule has 1 aliphatic heterocycles. The Morgan fingerprint density at radius 3 is 2.67 bits per heavy atom. The minimum Gasteiger partial charge on any atom is -0.202 e. The molecule has 0 radical (unpaired) electrons. The van der Waals surface area contributed by atoms with Crippen LogP contribution in [0.25, 0.3) is 0 Å². The Labute approximate surface area is 128 Å². The van der Waals surface area contributed by atoms with Gasteiger partial charge in [0.1, 0.15) is 0 Å². The molecule has 0 aliphatic carbocycles. The highest BCUT2D eigenvalue weighted by Gasteiger charge is 2.27. The highest BCUT2D eigenvalue weighted by molar-refractivity contribution is 7.87. The number of nitrogens with zero attached hydrogens (tertiary/aromatic N) is 1. The molecule has 1 aromatic carbocycles. The number of nitrogens with one attached hydrogen (secondary N) is 1. The maximum atomic E-state index is 12.4. The zero-order chi connectivity index (χ0) is 15.3. The molecule has 5 heteroatoms. The fraction of sp³-hybridized carbons (Fsp3) is 0.625. The number of rotatable bonds is 6. The van der Waals surface area contributed by atoms with E-state index in [4.69, 9.17) is 0 Å². The highest BCUT2D eigenvalue weighted by Crippen LogP contribution is 2.20. The molecule has 118 valence electrons. The summed E-state index contributed by atoms with van der Waals surface area (Å²) in [7, 11) is -3.35. The van der Waals surface area contributed by atoms with Gasteiger partial charge in [0, 0.05) is 19.6 Å². The van der Waals surface area contributed by atoms with Gasteiger partial charge in [0.25, 0.3) is 10.2 Å². The summed E-state index contributed by atoms with van der Waals surface area (Å²) in [6, 6.07) is 10.1. The lowest BCUT2D eigenvalue weighted by Crippen LogP contribution is -2.46. The van der Waals surface area contributed by atoms with Gasteiger partial charge < -0.3 is 0 Å². The first-order valence-corrected chi connectivity index (χ1v) is 9.26. The lowest BCUT2D eigenvalue weighted by Gasteiger charge is -2.30. The third-order valence-electron chi connectivity index (χ3n) is 4.24. The van der Waals surface area contributed by atoms with E-state index in [1.165, 1.54) is 5.56 Å². The number of piperidine rings is 1. The molecule has 1 heterocycles. The first-order valence-electron chi connectivity index (χ1n) is 7.82. The van der Waals surface area contributed by atoms with Crippen molar-refractivity contribution in [3.05, 3.63) is 35.9 Å². The standard InChI is InChI=1S/C16H26N2O2S/c1-3-15(16-9-5-4-6-10-16)12-17-21(19,20)18-11-7-8-14(2)13-18/h4-6,9-10,14-15,17H,3,7-8,11-13H2,1-2H3/t14-,15-/m1/s1. The van der Waals surface area contributed by atoms with E-state index in [0.29, 0.717) is 25.6 Å². The third kappa shape index (κ3) is 4.53. The van der Waals surface area contributed by atoms with Crippen molar-refractivity contribution >= 4 is 10.2 Å². The van der Waals surface area contributed by atoms with Crippen LogP contribution >= 0.6 is 0 Å². The molecule has 0 unspecified atom stereocenters. The molecule has 1 aliphatic rings. The van der Waals surface area contributed by atoms with E-state index in [-0.39, 0.29) is 5.92 Å². The van der Waals surface area contributed by atoms with Crippen molar-refractivity contribution in [2.75, 3.05) is 19.6 Å². The summed E-state index contributed by atoms with van der Waals surface area (Å²) in [4.78, 5) is 0. The molecule has 0 aromatic heterocycles. The summed E-state index contributed by atoms with van der Waals surface area (Å²) in [5.74, 6) is 0.676. The molecule has 0 saturated carbocycles. The summed E-state index contributed by atoms with van der Waals surface area (Å²) in [5, 5.41) is 0. The molecular weight excluding hydrogens is 284 g/mol. The van der Waals surface area contributed by atoms with Gasteiger partial charge >= 0.3 is 0 Å². The van der Waals surface area contributed by atoms with Crippen LogP contribution in [-0.4, -0.2) is 32.4 Å². The molecule has 1 aromatic rings. The molecule has 2 atom stereocenters. The maximum Gasteiger partial charge on any atom is 0.279 e. The van der Waals surface area contributed by atoms with E-state index in [1.807, 2.05) is 18.2 Å². The van der Waals surface area contributed by atoms with Gasteiger partial charge in [0.15, 0.2) is 0 Å². The molecule has 0 amide bonds. The minimum absolute atomic E-state index is 0.225. The maximum absolute atomic E-state index is 12.4. The Morgan fingerprint density at radius 1 is 1.33 bits per heavy atom. The van der Waals surface area contributed by atoms with Crippen molar-refractivity contribution in [2.45, 2.75) is 39.0 Å². The first kappa shape index (κ1) is 16.5. The average Bonchev–Trinajstić information content (AvgIpc) is 2.49. The van der Waals surface area contributed by atoms with Crippen LogP contribution in [0.5, 0.6) is 0 Å². The quantitative estimate of drug-likeness (QED) is 0.878. The van der Waals surface area contributed by atoms with E-state index in [2.05, 4.69) is 30.7 Å². The van der Waals surface area contributed by atoms with Crippen molar-refractivity contribution in [3.63, 3.8) is 0 Å². The molecular formula is C16H26N2O2S. The van der Waals surface area contributed by atoms with Crippen LogP contribution in [-0.2, 0) is 10.2 Å². The minimum atomic E-state index is -3.35. The van der Waals surface area contributed by atoms with E-state index in [1.54, 1.807) is 4.31 Å². The van der Waals surface area contributed by atoms with Gasteiger partial charge in [-0.25, -0.2) is 4.72 Å². The Balaban J connectivity index is 1.97. The summed E-state index contributed by atoms with van der Waals surface area (Å²) in [6.45, 7) is 5.95. The van der Waals surface area contributed by atoms with Crippen LogP contribution in [0.2, 0.25) is 0 Å². The van der Waals surface area contributed by atoms with Gasteiger partial charge in [-0.05, 0) is 36.7 Å². The van der Waals surface area contributed by atoms with Gasteiger partial charge in [-0.1, -0.05) is 44.2 Å². The van der Waals surface area contributed by atoms with E-state index in [0.717, 1.165) is 19.3 Å². The molecule has 0 bridgehead atoms. The lowest BCUT2D eigenvalue weighted by molar-refractivity contribution is 0.278. The Kier molecular flexibility index (Phi) is 5.79. The summed E-state index contributed by atoms with van der Waals surface area (Å²) in [5.41, 5.74) is 1.19. The second kappa shape index (κ2) is 7.38. The SMILES string of the molecule is CC[C@H](CNS(=O)(=O)N1CCC[C@@H](C)C1)c1ccccc1. The van der Waals surface area contributed by atoms with Crippen LogP contribution < -0.4 is 4.72 Å². The highest BCUT2D eigenvalue weighted by atomic mass is 32.2. The Bertz CT molecular complexity index is 530. The zero-order valence-electron chi connectivity index (χ0n) is 13.0. The molecule has 0 spiro atoms.